The first-order chi connectivity index (χ1) is 16.8. The van der Waals surface area contributed by atoms with Gasteiger partial charge in [-0.2, -0.15) is 26.3 Å². The quantitative estimate of drug-likeness (QED) is 0.229. The molecule has 0 aliphatic carbocycles. The van der Waals surface area contributed by atoms with Crippen molar-refractivity contribution in [3.63, 3.8) is 0 Å². The number of alkyl halides is 6. The highest BCUT2D eigenvalue weighted by molar-refractivity contribution is 6.31. The van der Waals surface area contributed by atoms with Crippen LogP contribution in [0.2, 0.25) is 5.02 Å². The van der Waals surface area contributed by atoms with Gasteiger partial charge < -0.3 is 20.4 Å². The number of aromatic nitrogens is 3. The van der Waals surface area contributed by atoms with Gasteiger partial charge in [0.2, 0.25) is 0 Å². The Kier molecular flexibility index (Phi) is 6.30. The number of hydrogen-bond acceptors (Lipinski definition) is 4. The number of H-pyrrole nitrogens is 2. The van der Waals surface area contributed by atoms with Crippen molar-refractivity contribution in [2.45, 2.75) is 12.4 Å². The Morgan fingerprint density at radius 1 is 0.917 bits per heavy atom. The average molecular weight is 532 g/mol. The van der Waals surface area contributed by atoms with E-state index < -0.39 is 40.2 Å². The van der Waals surface area contributed by atoms with E-state index in [0.29, 0.717) is 18.2 Å². The number of nitrogens with one attached hydrogen (secondary N) is 4. The smallest absolute Gasteiger partial charge is 0.417 e. The van der Waals surface area contributed by atoms with Crippen molar-refractivity contribution in [2.24, 2.45) is 0 Å². The van der Waals surface area contributed by atoms with Crippen LogP contribution in [0.4, 0.5) is 42.5 Å². The largest absolute Gasteiger partial charge is 0.455 e. The minimum atomic E-state index is -4.83. The molecule has 188 valence electrons. The molecule has 0 bridgehead atoms. The predicted octanol–water partition coefficient (Wildman–Crippen LogP) is 6.38. The van der Waals surface area contributed by atoms with Crippen molar-refractivity contribution in [1.29, 1.82) is 0 Å². The number of hydrogen-bond donors (Lipinski definition) is 4. The standard InChI is InChI=1S/C21H12ClF6N5O3/c22-14-2-1-10(8-13(14)21(26,27)28)30-18(34)31-11-5-9(20(23,24)25)6-12(7-11)36-15-3-4-29-17-16(15)32-19(35)33-17/h1-8H,(H2,30,31,34)(H2,29,32,33,35). The molecule has 2 amide bonds. The van der Waals surface area contributed by atoms with Gasteiger partial charge in [-0.25, -0.2) is 14.6 Å². The molecule has 4 N–H and O–H groups in total. The lowest BCUT2D eigenvalue weighted by atomic mass is 10.1. The average Bonchev–Trinajstić information content (AvgIpc) is 3.15. The number of amides is 2. The van der Waals surface area contributed by atoms with Gasteiger partial charge in [0.25, 0.3) is 0 Å². The first-order valence-corrected chi connectivity index (χ1v) is 10.1. The number of carbonyl (C=O) groups is 1. The van der Waals surface area contributed by atoms with Crippen LogP contribution in [0.15, 0.2) is 53.5 Å². The van der Waals surface area contributed by atoms with Gasteiger partial charge in [0.15, 0.2) is 11.4 Å². The Morgan fingerprint density at radius 2 is 1.64 bits per heavy atom. The van der Waals surface area contributed by atoms with E-state index in [9.17, 15) is 35.9 Å². The lowest BCUT2D eigenvalue weighted by Gasteiger charge is -2.15. The molecule has 2 aromatic carbocycles. The summed E-state index contributed by atoms with van der Waals surface area (Å²) < 4.78 is 85.0. The van der Waals surface area contributed by atoms with Gasteiger partial charge >= 0.3 is 24.1 Å². The van der Waals surface area contributed by atoms with Gasteiger partial charge in [-0.15, -0.1) is 0 Å². The summed E-state index contributed by atoms with van der Waals surface area (Å²) in [6.45, 7) is 0. The molecule has 0 saturated carbocycles. The minimum absolute atomic E-state index is 0.0334. The third-order valence-corrected chi connectivity index (χ3v) is 4.96. The van der Waals surface area contributed by atoms with Crippen LogP contribution in [0.1, 0.15) is 11.1 Å². The maximum atomic E-state index is 13.5. The summed E-state index contributed by atoms with van der Waals surface area (Å²) >= 11 is 5.53. The van der Waals surface area contributed by atoms with Gasteiger partial charge in [-0.1, -0.05) is 11.6 Å². The predicted molar refractivity (Wildman–Crippen MR) is 117 cm³/mol. The third kappa shape index (κ3) is 5.54. The van der Waals surface area contributed by atoms with Crippen molar-refractivity contribution in [1.82, 2.24) is 15.0 Å². The minimum Gasteiger partial charge on any atom is -0.455 e. The number of rotatable bonds is 4. The summed E-state index contributed by atoms with van der Waals surface area (Å²) in [5, 5.41) is 3.63. The summed E-state index contributed by atoms with van der Waals surface area (Å²) in [6, 6.07) is 5.07. The first kappa shape index (κ1) is 24.9. The van der Waals surface area contributed by atoms with Gasteiger partial charge in [0.1, 0.15) is 11.3 Å². The van der Waals surface area contributed by atoms with Crippen molar-refractivity contribution >= 4 is 40.2 Å². The van der Waals surface area contributed by atoms with E-state index in [-0.39, 0.29) is 34.0 Å². The number of benzene rings is 2. The van der Waals surface area contributed by atoms with Gasteiger partial charge in [-0.05, 0) is 30.3 Å². The molecule has 4 rings (SSSR count). The maximum absolute atomic E-state index is 13.5. The Balaban J connectivity index is 1.61. The molecule has 2 heterocycles. The van der Waals surface area contributed by atoms with Crippen LogP contribution in [0, 0.1) is 0 Å². The number of fused-ring (bicyclic) bond motifs is 1. The summed E-state index contributed by atoms with van der Waals surface area (Å²) in [7, 11) is 0. The third-order valence-electron chi connectivity index (χ3n) is 4.63. The van der Waals surface area contributed by atoms with Crippen LogP contribution in [0.3, 0.4) is 0 Å². The molecular weight excluding hydrogens is 520 g/mol. The van der Waals surface area contributed by atoms with E-state index >= 15 is 0 Å². The van der Waals surface area contributed by atoms with Crippen LogP contribution in [0.25, 0.3) is 11.2 Å². The zero-order valence-electron chi connectivity index (χ0n) is 17.4. The van der Waals surface area contributed by atoms with Gasteiger partial charge in [-0.3, -0.25) is 4.98 Å². The molecule has 2 aromatic heterocycles. The number of anilines is 2. The molecule has 0 radical (unpaired) electrons. The van der Waals surface area contributed by atoms with Crippen molar-refractivity contribution in [2.75, 3.05) is 10.6 Å². The fourth-order valence-corrected chi connectivity index (χ4v) is 3.36. The second-order valence-electron chi connectivity index (χ2n) is 7.23. The summed E-state index contributed by atoms with van der Waals surface area (Å²) in [6.07, 6.45) is -8.37. The normalized spacial score (nSPS) is 12.0. The lowest BCUT2D eigenvalue weighted by molar-refractivity contribution is -0.138. The Hall–Kier alpha value is -4.20. The fraction of sp³-hybridized carbons (Fsp3) is 0.0952. The molecule has 0 fully saturated rings. The number of ether oxygens (including phenoxy) is 1. The first-order valence-electron chi connectivity index (χ1n) is 9.71. The molecular formula is C21H12ClF6N5O3. The summed E-state index contributed by atoms with van der Waals surface area (Å²) in [5.74, 6) is -0.394. The molecule has 0 aliphatic rings. The Morgan fingerprint density at radius 3 is 2.33 bits per heavy atom. The van der Waals surface area contributed by atoms with E-state index in [4.69, 9.17) is 16.3 Å². The fourth-order valence-electron chi connectivity index (χ4n) is 3.13. The highest BCUT2D eigenvalue weighted by atomic mass is 35.5. The van der Waals surface area contributed by atoms with E-state index in [1.807, 2.05) is 0 Å². The van der Waals surface area contributed by atoms with E-state index in [1.54, 1.807) is 0 Å². The maximum Gasteiger partial charge on any atom is 0.417 e. The summed E-state index contributed by atoms with van der Waals surface area (Å²) in [5.41, 5.74) is -3.50. The number of urea groups is 1. The molecule has 0 aliphatic heterocycles. The molecule has 15 heteroatoms. The monoisotopic (exact) mass is 531 g/mol. The molecule has 0 unspecified atom stereocenters. The second kappa shape index (κ2) is 9.11. The molecule has 0 atom stereocenters. The second-order valence-corrected chi connectivity index (χ2v) is 7.64. The van der Waals surface area contributed by atoms with Crippen LogP contribution in [0.5, 0.6) is 11.5 Å². The van der Waals surface area contributed by atoms with Crippen LogP contribution in [-0.2, 0) is 12.4 Å². The van der Waals surface area contributed by atoms with Crippen molar-refractivity contribution < 1.29 is 35.9 Å². The number of nitrogens with zero attached hydrogens (tertiary/aromatic N) is 1. The molecule has 0 saturated heterocycles. The van der Waals surface area contributed by atoms with Crippen molar-refractivity contribution in [3.05, 3.63) is 75.3 Å². The molecule has 4 aromatic rings. The van der Waals surface area contributed by atoms with Crippen LogP contribution in [-0.4, -0.2) is 21.0 Å². The van der Waals surface area contributed by atoms with E-state index in [1.165, 1.54) is 12.3 Å². The summed E-state index contributed by atoms with van der Waals surface area (Å²) in [4.78, 5) is 32.5. The Bertz CT molecular complexity index is 1510. The van der Waals surface area contributed by atoms with Gasteiger partial charge in [0, 0.05) is 29.7 Å². The van der Waals surface area contributed by atoms with Gasteiger partial charge in [0.05, 0.1) is 16.1 Å². The van der Waals surface area contributed by atoms with Crippen LogP contribution >= 0.6 is 11.6 Å². The lowest BCUT2D eigenvalue weighted by Crippen LogP contribution is -2.20. The zero-order valence-corrected chi connectivity index (χ0v) is 18.2. The van der Waals surface area contributed by atoms with E-state index in [2.05, 4.69) is 25.6 Å². The Labute approximate surface area is 201 Å². The van der Waals surface area contributed by atoms with Crippen LogP contribution < -0.4 is 21.1 Å². The number of pyridine rings is 1. The SMILES string of the molecule is O=C(Nc1cc(Oc2ccnc3[nH]c(=O)[nH]c23)cc(C(F)(F)F)c1)Nc1ccc(Cl)c(C(F)(F)F)c1. The zero-order chi connectivity index (χ0) is 26.3. The molecule has 0 spiro atoms. The number of halogens is 7. The number of carbonyl (C=O) groups excluding carboxylic acids is 1. The highest BCUT2D eigenvalue weighted by Gasteiger charge is 2.34. The highest BCUT2D eigenvalue weighted by Crippen LogP contribution is 2.38. The van der Waals surface area contributed by atoms with Crippen molar-refractivity contribution in [3.8, 4) is 11.5 Å². The molecule has 36 heavy (non-hydrogen) atoms. The number of aromatic amines is 2. The topological polar surface area (TPSA) is 112 Å². The van der Waals surface area contributed by atoms with E-state index in [0.717, 1.165) is 18.2 Å². The number of imidazole rings is 1. The molecule has 8 nitrogen and oxygen atoms in total.